The standard InChI is InChI=1S/C24H23N3O3/c28-23-14-13-22(27-23)17-5-4-8-20(15-17)26-24(29)16-30-21-11-9-19(10-12-21)25-18-6-2-1-3-7-18/h1-12,15,22,25H,13-14,16H2,(H,26,29)(H,27,28). The van der Waals surface area contributed by atoms with Crippen LogP contribution in [0.15, 0.2) is 78.9 Å². The van der Waals surface area contributed by atoms with E-state index < -0.39 is 0 Å². The SMILES string of the molecule is O=C(COc1ccc(Nc2ccccc2)cc1)Nc1cccc(C2CCC(=O)N2)c1. The molecule has 0 aromatic heterocycles. The summed E-state index contributed by atoms with van der Waals surface area (Å²) in [7, 11) is 0. The van der Waals surface area contributed by atoms with Crippen molar-refractivity contribution in [1.82, 2.24) is 5.32 Å². The van der Waals surface area contributed by atoms with E-state index in [-0.39, 0.29) is 24.5 Å². The third kappa shape index (κ3) is 5.17. The van der Waals surface area contributed by atoms with E-state index in [1.165, 1.54) is 0 Å². The van der Waals surface area contributed by atoms with Crippen molar-refractivity contribution in [3.8, 4) is 5.75 Å². The second-order valence-corrected chi connectivity index (χ2v) is 7.14. The first-order valence-corrected chi connectivity index (χ1v) is 9.90. The highest BCUT2D eigenvalue weighted by molar-refractivity contribution is 5.92. The van der Waals surface area contributed by atoms with E-state index in [0.717, 1.165) is 23.4 Å². The number of carbonyl (C=O) groups is 2. The molecule has 0 spiro atoms. The predicted octanol–water partition coefficient (Wildman–Crippen LogP) is 4.40. The summed E-state index contributed by atoms with van der Waals surface area (Å²) in [6.07, 6.45) is 1.31. The van der Waals surface area contributed by atoms with Crippen LogP contribution in [0.1, 0.15) is 24.4 Å². The van der Waals surface area contributed by atoms with Gasteiger partial charge in [-0.25, -0.2) is 0 Å². The molecule has 152 valence electrons. The third-order valence-corrected chi connectivity index (χ3v) is 4.85. The number of hydrogen-bond donors (Lipinski definition) is 3. The molecule has 2 amide bonds. The summed E-state index contributed by atoms with van der Waals surface area (Å²) in [6, 6.07) is 24.9. The highest BCUT2D eigenvalue weighted by Crippen LogP contribution is 2.25. The lowest BCUT2D eigenvalue weighted by atomic mass is 10.0. The van der Waals surface area contributed by atoms with Crippen molar-refractivity contribution in [2.24, 2.45) is 0 Å². The second kappa shape index (κ2) is 9.13. The Labute approximate surface area is 175 Å². The van der Waals surface area contributed by atoms with Crippen molar-refractivity contribution in [1.29, 1.82) is 0 Å². The largest absolute Gasteiger partial charge is 0.484 e. The highest BCUT2D eigenvalue weighted by atomic mass is 16.5. The smallest absolute Gasteiger partial charge is 0.262 e. The van der Waals surface area contributed by atoms with Gasteiger partial charge in [0.25, 0.3) is 5.91 Å². The zero-order valence-electron chi connectivity index (χ0n) is 16.4. The van der Waals surface area contributed by atoms with E-state index in [1.807, 2.05) is 78.9 Å². The van der Waals surface area contributed by atoms with Gasteiger partial charge in [0, 0.05) is 23.5 Å². The van der Waals surface area contributed by atoms with Crippen LogP contribution < -0.4 is 20.7 Å². The maximum atomic E-state index is 12.3. The molecule has 4 rings (SSSR count). The van der Waals surface area contributed by atoms with Gasteiger partial charge in [-0.15, -0.1) is 0 Å². The molecular weight excluding hydrogens is 378 g/mol. The maximum Gasteiger partial charge on any atom is 0.262 e. The Balaban J connectivity index is 1.28. The van der Waals surface area contributed by atoms with Gasteiger partial charge in [0.05, 0.1) is 6.04 Å². The summed E-state index contributed by atoms with van der Waals surface area (Å²) < 4.78 is 5.59. The minimum Gasteiger partial charge on any atom is -0.484 e. The van der Waals surface area contributed by atoms with Gasteiger partial charge >= 0.3 is 0 Å². The number of rotatable bonds is 7. The molecule has 1 aliphatic heterocycles. The van der Waals surface area contributed by atoms with Gasteiger partial charge in [0.1, 0.15) is 5.75 Å². The lowest BCUT2D eigenvalue weighted by Crippen LogP contribution is -2.21. The molecule has 1 saturated heterocycles. The fourth-order valence-corrected chi connectivity index (χ4v) is 3.37. The highest BCUT2D eigenvalue weighted by Gasteiger charge is 2.22. The first-order chi connectivity index (χ1) is 14.7. The summed E-state index contributed by atoms with van der Waals surface area (Å²) in [5, 5.41) is 9.08. The number of para-hydroxylation sites is 1. The first-order valence-electron chi connectivity index (χ1n) is 9.90. The number of anilines is 3. The maximum absolute atomic E-state index is 12.3. The van der Waals surface area contributed by atoms with Gasteiger partial charge in [-0.3, -0.25) is 9.59 Å². The molecule has 1 heterocycles. The molecule has 1 fully saturated rings. The summed E-state index contributed by atoms with van der Waals surface area (Å²) >= 11 is 0. The molecule has 6 heteroatoms. The molecule has 0 bridgehead atoms. The van der Waals surface area contributed by atoms with E-state index in [1.54, 1.807) is 0 Å². The minimum absolute atomic E-state index is 0.00797. The molecule has 3 N–H and O–H groups in total. The van der Waals surface area contributed by atoms with Gasteiger partial charge in [-0.2, -0.15) is 0 Å². The van der Waals surface area contributed by atoms with Crippen molar-refractivity contribution in [2.75, 3.05) is 17.2 Å². The summed E-state index contributed by atoms with van der Waals surface area (Å²) in [6.45, 7) is -0.0874. The van der Waals surface area contributed by atoms with E-state index in [9.17, 15) is 9.59 Å². The number of ether oxygens (including phenoxy) is 1. The Morgan fingerprint density at radius 1 is 0.933 bits per heavy atom. The van der Waals surface area contributed by atoms with Crippen molar-refractivity contribution < 1.29 is 14.3 Å². The Morgan fingerprint density at radius 3 is 2.40 bits per heavy atom. The van der Waals surface area contributed by atoms with E-state index >= 15 is 0 Å². The van der Waals surface area contributed by atoms with E-state index in [0.29, 0.717) is 17.9 Å². The molecule has 3 aromatic rings. The summed E-state index contributed by atoms with van der Waals surface area (Å²) in [5.74, 6) is 0.438. The van der Waals surface area contributed by atoms with E-state index in [2.05, 4.69) is 16.0 Å². The van der Waals surface area contributed by atoms with Gasteiger partial charge in [-0.05, 0) is 60.5 Å². The Hall–Kier alpha value is -3.80. The third-order valence-electron chi connectivity index (χ3n) is 4.85. The van der Waals surface area contributed by atoms with Crippen molar-refractivity contribution >= 4 is 28.9 Å². The van der Waals surface area contributed by atoms with Crippen LogP contribution in [0.5, 0.6) is 5.75 Å². The van der Waals surface area contributed by atoms with Crippen LogP contribution in [0.3, 0.4) is 0 Å². The monoisotopic (exact) mass is 401 g/mol. The average molecular weight is 401 g/mol. The Kier molecular flexibility index (Phi) is 5.94. The van der Waals surface area contributed by atoms with Gasteiger partial charge in [0.2, 0.25) is 5.91 Å². The predicted molar refractivity (Wildman–Crippen MR) is 117 cm³/mol. The lowest BCUT2D eigenvalue weighted by molar-refractivity contribution is -0.119. The summed E-state index contributed by atoms with van der Waals surface area (Å²) in [4.78, 5) is 23.7. The number of amides is 2. The number of hydrogen-bond acceptors (Lipinski definition) is 4. The number of nitrogens with one attached hydrogen (secondary N) is 3. The van der Waals surface area contributed by atoms with Crippen LogP contribution >= 0.6 is 0 Å². The Bertz CT molecular complexity index is 1020. The summed E-state index contributed by atoms with van der Waals surface area (Å²) in [5.41, 5.74) is 3.62. The van der Waals surface area contributed by atoms with Crippen LogP contribution in [0.25, 0.3) is 0 Å². The first kappa shape index (κ1) is 19.5. The molecule has 0 aliphatic carbocycles. The molecule has 3 aromatic carbocycles. The Morgan fingerprint density at radius 2 is 1.67 bits per heavy atom. The molecule has 0 saturated carbocycles. The van der Waals surface area contributed by atoms with Crippen LogP contribution in [0.2, 0.25) is 0 Å². The minimum atomic E-state index is -0.242. The fourth-order valence-electron chi connectivity index (χ4n) is 3.37. The van der Waals surface area contributed by atoms with E-state index in [4.69, 9.17) is 4.74 Å². The van der Waals surface area contributed by atoms with Crippen LogP contribution in [-0.4, -0.2) is 18.4 Å². The zero-order chi connectivity index (χ0) is 20.8. The zero-order valence-corrected chi connectivity index (χ0v) is 16.4. The van der Waals surface area contributed by atoms with Crippen LogP contribution in [0, 0.1) is 0 Å². The quantitative estimate of drug-likeness (QED) is 0.548. The van der Waals surface area contributed by atoms with Gasteiger partial charge in [-0.1, -0.05) is 30.3 Å². The van der Waals surface area contributed by atoms with Gasteiger partial charge in [0.15, 0.2) is 6.61 Å². The number of carbonyl (C=O) groups excluding carboxylic acids is 2. The lowest BCUT2D eigenvalue weighted by Gasteiger charge is -2.13. The van der Waals surface area contributed by atoms with Gasteiger partial charge < -0.3 is 20.7 Å². The van der Waals surface area contributed by atoms with Crippen molar-refractivity contribution in [3.05, 3.63) is 84.4 Å². The second-order valence-electron chi connectivity index (χ2n) is 7.14. The molecule has 30 heavy (non-hydrogen) atoms. The fraction of sp³-hybridized carbons (Fsp3) is 0.167. The molecule has 1 atom stereocenters. The molecular formula is C24H23N3O3. The topological polar surface area (TPSA) is 79.5 Å². The van der Waals surface area contributed by atoms with Crippen molar-refractivity contribution in [2.45, 2.75) is 18.9 Å². The molecule has 6 nitrogen and oxygen atoms in total. The van der Waals surface area contributed by atoms with Crippen LogP contribution in [-0.2, 0) is 9.59 Å². The number of benzene rings is 3. The molecule has 1 aliphatic rings. The molecule has 1 unspecified atom stereocenters. The normalized spacial score (nSPS) is 15.3. The average Bonchev–Trinajstić information content (AvgIpc) is 3.21. The molecule has 0 radical (unpaired) electrons. The van der Waals surface area contributed by atoms with Crippen LogP contribution in [0.4, 0.5) is 17.1 Å². The van der Waals surface area contributed by atoms with Crippen molar-refractivity contribution in [3.63, 3.8) is 0 Å².